The molecule has 0 aliphatic rings. The number of nitrogens with zero attached hydrogens (tertiary/aromatic N) is 2. The van der Waals surface area contributed by atoms with Gasteiger partial charge in [-0.15, -0.1) is 0 Å². The van der Waals surface area contributed by atoms with E-state index in [2.05, 4.69) is 20.9 Å². The Morgan fingerprint density at radius 1 is 1.47 bits per heavy atom. The number of rotatable bonds is 2. The van der Waals surface area contributed by atoms with Gasteiger partial charge in [0.25, 0.3) is 0 Å². The average molecular weight is 299 g/mol. The number of aryl methyl sites for hydroxylation is 1. The van der Waals surface area contributed by atoms with Gasteiger partial charge in [-0.1, -0.05) is 22.9 Å². The van der Waals surface area contributed by atoms with Gasteiger partial charge in [0.05, 0.1) is 0 Å². The monoisotopic (exact) mass is 298 g/mol. The van der Waals surface area contributed by atoms with Crippen LogP contribution in [0.25, 0.3) is 0 Å². The van der Waals surface area contributed by atoms with Gasteiger partial charge in [-0.25, -0.2) is 4.79 Å². The van der Waals surface area contributed by atoms with Crippen molar-refractivity contribution in [2.75, 3.05) is 11.9 Å². The van der Waals surface area contributed by atoms with Crippen LogP contribution in [0.4, 0.5) is 10.5 Å². The quantitative estimate of drug-likeness (QED) is 0.645. The molecule has 0 saturated carbocycles. The van der Waals surface area contributed by atoms with E-state index < -0.39 is 6.03 Å². The molecule has 0 heterocycles. The first-order chi connectivity index (χ1) is 7.95. The Morgan fingerprint density at radius 2 is 2.12 bits per heavy atom. The number of guanidine groups is 1. The van der Waals surface area contributed by atoms with E-state index in [1.807, 2.05) is 25.1 Å². The van der Waals surface area contributed by atoms with Crippen LogP contribution < -0.4 is 16.4 Å². The minimum Gasteiger partial charge on any atom is -0.370 e. The Bertz CT molecular complexity index is 455. The minimum atomic E-state index is -0.484. The molecular weight excluding hydrogens is 284 g/mol. The van der Waals surface area contributed by atoms with E-state index in [0.717, 1.165) is 22.1 Å². The second kappa shape index (κ2) is 5.67. The molecule has 0 unspecified atom stereocenters. The normalized spacial score (nSPS) is 9.82. The smallest absolute Gasteiger partial charge is 0.350 e. The number of benzene rings is 1. The summed E-state index contributed by atoms with van der Waals surface area (Å²) in [6.45, 7) is 2.02. The van der Waals surface area contributed by atoms with Crippen LogP contribution in [0.3, 0.4) is 0 Å². The fourth-order valence-corrected chi connectivity index (χ4v) is 1.86. The van der Waals surface area contributed by atoms with Crippen LogP contribution >= 0.6 is 15.9 Å². The highest BCUT2D eigenvalue weighted by atomic mass is 79.9. The van der Waals surface area contributed by atoms with E-state index in [0.29, 0.717) is 0 Å². The van der Waals surface area contributed by atoms with Crippen LogP contribution in [0, 0.1) is 0 Å². The topological polar surface area (TPSA) is 84.7 Å². The molecule has 0 aliphatic carbocycles. The fourth-order valence-electron chi connectivity index (χ4n) is 1.45. The van der Waals surface area contributed by atoms with Crippen molar-refractivity contribution in [3.8, 4) is 0 Å². The lowest BCUT2D eigenvalue weighted by atomic mass is 10.1. The van der Waals surface area contributed by atoms with Crippen LogP contribution in [0.15, 0.2) is 27.7 Å². The summed E-state index contributed by atoms with van der Waals surface area (Å²) in [6, 6.07) is 5.20. The summed E-state index contributed by atoms with van der Waals surface area (Å²) < 4.78 is 0.973. The van der Waals surface area contributed by atoms with Crippen LogP contribution in [0.2, 0.25) is 0 Å². The molecule has 0 bridgehead atoms. The molecule has 5 nitrogen and oxygen atoms in total. The number of aliphatic imine (C=N–C) groups is 1. The SMILES string of the molecule is CCc1cc(Br)ccc1N(C)C(=O)N=C(N)N. The molecule has 0 radical (unpaired) electrons. The van der Waals surface area contributed by atoms with E-state index in [1.54, 1.807) is 7.05 Å². The summed E-state index contributed by atoms with van der Waals surface area (Å²) in [5, 5.41) is 0. The zero-order valence-electron chi connectivity index (χ0n) is 9.77. The van der Waals surface area contributed by atoms with Crippen molar-refractivity contribution in [2.24, 2.45) is 16.5 Å². The summed E-state index contributed by atoms with van der Waals surface area (Å²) >= 11 is 3.39. The maximum Gasteiger partial charge on any atom is 0.350 e. The van der Waals surface area contributed by atoms with Crippen LogP contribution in [0.5, 0.6) is 0 Å². The second-order valence-electron chi connectivity index (χ2n) is 3.50. The van der Waals surface area contributed by atoms with Gasteiger partial charge in [-0.05, 0) is 30.2 Å². The van der Waals surface area contributed by atoms with Crippen molar-refractivity contribution in [2.45, 2.75) is 13.3 Å². The number of hydrogen-bond acceptors (Lipinski definition) is 1. The molecule has 0 spiro atoms. The van der Waals surface area contributed by atoms with E-state index in [9.17, 15) is 4.79 Å². The zero-order valence-corrected chi connectivity index (χ0v) is 11.4. The van der Waals surface area contributed by atoms with Crippen molar-refractivity contribution in [3.63, 3.8) is 0 Å². The van der Waals surface area contributed by atoms with E-state index in [-0.39, 0.29) is 5.96 Å². The fraction of sp³-hybridized carbons (Fsp3) is 0.273. The predicted molar refractivity (Wildman–Crippen MR) is 73.1 cm³/mol. The van der Waals surface area contributed by atoms with Gasteiger partial charge in [0, 0.05) is 17.2 Å². The number of carbonyl (C=O) groups excluding carboxylic acids is 1. The van der Waals surface area contributed by atoms with Crippen LogP contribution in [-0.2, 0) is 6.42 Å². The largest absolute Gasteiger partial charge is 0.370 e. The first-order valence-electron chi connectivity index (χ1n) is 5.11. The Morgan fingerprint density at radius 3 is 2.65 bits per heavy atom. The highest BCUT2D eigenvalue weighted by molar-refractivity contribution is 9.10. The van der Waals surface area contributed by atoms with Crippen molar-refractivity contribution in [1.29, 1.82) is 0 Å². The van der Waals surface area contributed by atoms with E-state index in [1.165, 1.54) is 4.90 Å². The first kappa shape index (κ1) is 13.5. The molecule has 2 amide bonds. The summed E-state index contributed by atoms with van der Waals surface area (Å²) in [7, 11) is 1.64. The number of urea groups is 1. The summed E-state index contributed by atoms with van der Waals surface area (Å²) in [6.07, 6.45) is 0.814. The summed E-state index contributed by atoms with van der Waals surface area (Å²) in [5.41, 5.74) is 12.2. The Labute approximate surface area is 109 Å². The molecule has 0 aliphatic heterocycles. The third kappa shape index (κ3) is 3.45. The highest BCUT2D eigenvalue weighted by Crippen LogP contribution is 2.24. The molecule has 0 fully saturated rings. The van der Waals surface area contributed by atoms with Gasteiger partial charge in [0.2, 0.25) is 0 Å². The number of hydrogen-bond donors (Lipinski definition) is 2. The van der Waals surface area contributed by atoms with Gasteiger partial charge in [-0.2, -0.15) is 4.99 Å². The molecule has 1 aromatic carbocycles. The van der Waals surface area contributed by atoms with Gasteiger partial charge < -0.3 is 11.5 Å². The van der Waals surface area contributed by atoms with Gasteiger partial charge in [0.1, 0.15) is 0 Å². The molecule has 92 valence electrons. The predicted octanol–water partition coefficient (Wildman–Crippen LogP) is 1.84. The van der Waals surface area contributed by atoms with E-state index in [4.69, 9.17) is 11.5 Å². The average Bonchev–Trinajstić information content (AvgIpc) is 2.27. The molecule has 4 N–H and O–H groups in total. The van der Waals surface area contributed by atoms with Crippen molar-refractivity contribution in [3.05, 3.63) is 28.2 Å². The lowest BCUT2D eigenvalue weighted by Crippen LogP contribution is -2.30. The van der Waals surface area contributed by atoms with Gasteiger partial charge in [0.15, 0.2) is 5.96 Å². The molecular formula is C11H15BrN4O. The zero-order chi connectivity index (χ0) is 13.0. The number of carbonyl (C=O) groups is 1. The van der Waals surface area contributed by atoms with Crippen molar-refractivity contribution < 1.29 is 4.79 Å². The maximum absolute atomic E-state index is 11.7. The molecule has 0 saturated heterocycles. The molecule has 17 heavy (non-hydrogen) atoms. The van der Waals surface area contributed by atoms with Gasteiger partial charge >= 0.3 is 6.03 Å². The molecule has 0 aromatic heterocycles. The third-order valence-corrected chi connectivity index (χ3v) is 2.79. The lowest BCUT2D eigenvalue weighted by molar-refractivity contribution is 0.255. The third-order valence-electron chi connectivity index (χ3n) is 2.30. The summed E-state index contributed by atoms with van der Waals surface area (Å²) in [4.78, 5) is 16.6. The maximum atomic E-state index is 11.7. The Hall–Kier alpha value is -1.56. The lowest BCUT2D eigenvalue weighted by Gasteiger charge is -2.18. The second-order valence-corrected chi connectivity index (χ2v) is 4.42. The van der Waals surface area contributed by atoms with Crippen molar-refractivity contribution in [1.82, 2.24) is 0 Å². The number of anilines is 1. The standard InChI is InChI=1S/C11H15BrN4O/c1-3-7-6-8(12)4-5-9(7)16(2)11(17)15-10(13)14/h4-6H,3H2,1-2H3,(H4,13,14,15,17). The molecule has 1 aromatic rings. The minimum absolute atomic E-state index is 0.239. The Kier molecular flexibility index (Phi) is 4.51. The Balaban J connectivity index is 3.07. The number of nitrogens with two attached hydrogens (primary N) is 2. The highest BCUT2D eigenvalue weighted by Gasteiger charge is 2.13. The van der Waals surface area contributed by atoms with E-state index >= 15 is 0 Å². The van der Waals surface area contributed by atoms with Gasteiger partial charge in [-0.3, -0.25) is 4.90 Å². The molecule has 6 heteroatoms. The molecule has 1 rings (SSSR count). The van der Waals surface area contributed by atoms with Crippen LogP contribution in [-0.4, -0.2) is 19.0 Å². The number of amides is 2. The van der Waals surface area contributed by atoms with Crippen LogP contribution in [0.1, 0.15) is 12.5 Å². The molecule has 0 atom stereocenters. The number of halogens is 1. The first-order valence-corrected chi connectivity index (χ1v) is 5.90. The summed E-state index contributed by atoms with van der Waals surface area (Å²) in [5.74, 6) is -0.239. The van der Waals surface area contributed by atoms with Crippen molar-refractivity contribution >= 4 is 33.6 Å².